The average molecular weight is 246 g/mol. The van der Waals surface area contributed by atoms with Gasteiger partial charge in [-0.3, -0.25) is 4.79 Å². The van der Waals surface area contributed by atoms with Crippen LogP contribution in [0.15, 0.2) is 30.3 Å². The smallest absolute Gasteiger partial charge is 0.223 e. The van der Waals surface area contributed by atoms with Gasteiger partial charge in [0.2, 0.25) is 5.91 Å². The molecule has 0 aliphatic carbocycles. The Kier molecular flexibility index (Phi) is 4.76. The van der Waals surface area contributed by atoms with Gasteiger partial charge in [0.25, 0.3) is 0 Å². The maximum atomic E-state index is 12.0. The molecule has 2 rings (SSSR count). The van der Waals surface area contributed by atoms with Crippen LogP contribution >= 0.6 is 0 Å². The summed E-state index contributed by atoms with van der Waals surface area (Å²) in [6.07, 6.45) is 2.83. The van der Waals surface area contributed by atoms with E-state index in [2.05, 4.69) is 29.7 Å². The van der Waals surface area contributed by atoms with E-state index in [1.165, 1.54) is 5.56 Å². The van der Waals surface area contributed by atoms with Gasteiger partial charge in [-0.2, -0.15) is 0 Å². The van der Waals surface area contributed by atoms with Gasteiger partial charge >= 0.3 is 0 Å². The van der Waals surface area contributed by atoms with Crippen LogP contribution in [-0.4, -0.2) is 25.0 Å². The van der Waals surface area contributed by atoms with Crippen molar-refractivity contribution in [3.05, 3.63) is 35.9 Å². The number of amides is 1. The number of hydrogen-bond acceptors (Lipinski definition) is 2. The van der Waals surface area contributed by atoms with E-state index in [0.29, 0.717) is 6.04 Å². The fourth-order valence-electron chi connectivity index (χ4n) is 2.49. The largest absolute Gasteiger partial charge is 0.356 e. The number of piperidine rings is 1. The minimum absolute atomic E-state index is 0.192. The van der Waals surface area contributed by atoms with Crippen LogP contribution in [0.2, 0.25) is 0 Å². The molecule has 1 saturated heterocycles. The number of benzene rings is 1. The number of carbonyl (C=O) groups excluding carboxylic acids is 1. The quantitative estimate of drug-likeness (QED) is 0.849. The third-order valence-electron chi connectivity index (χ3n) is 3.55. The van der Waals surface area contributed by atoms with Crippen LogP contribution in [0.3, 0.4) is 0 Å². The van der Waals surface area contributed by atoms with Gasteiger partial charge < -0.3 is 10.6 Å². The molecule has 2 N–H and O–H groups in total. The Morgan fingerprint density at radius 1 is 1.39 bits per heavy atom. The Morgan fingerprint density at radius 2 is 2.17 bits per heavy atom. The molecule has 1 aliphatic heterocycles. The van der Waals surface area contributed by atoms with Crippen molar-refractivity contribution in [2.45, 2.75) is 32.2 Å². The van der Waals surface area contributed by atoms with E-state index in [0.717, 1.165) is 32.4 Å². The lowest BCUT2D eigenvalue weighted by atomic mass is 9.92. The van der Waals surface area contributed by atoms with Crippen LogP contribution in [0.5, 0.6) is 0 Å². The van der Waals surface area contributed by atoms with E-state index < -0.39 is 0 Å². The van der Waals surface area contributed by atoms with Gasteiger partial charge in [-0.05, 0) is 38.3 Å². The summed E-state index contributed by atoms with van der Waals surface area (Å²) < 4.78 is 0. The van der Waals surface area contributed by atoms with E-state index in [-0.39, 0.29) is 11.8 Å². The van der Waals surface area contributed by atoms with Crippen molar-refractivity contribution in [3.8, 4) is 0 Å². The maximum Gasteiger partial charge on any atom is 0.223 e. The summed E-state index contributed by atoms with van der Waals surface area (Å²) in [7, 11) is 0. The van der Waals surface area contributed by atoms with E-state index >= 15 is 0 Å². The Morgan fingerprint density at radius 3 is 2.89 bits per heavy atom. The molecular weight excluding hydrogens is 224 g/mol. The van der Waals surface area contributed by atoms with Crippen molar-refractivity contribution in [2.24, 2.45) is 5.92 Å². The lowest BCUT2D eigenvalue weighted by molar-refractivity contribution is -0.126. The SMILES string of the molecule is CC1CC(C(=O)NCCc2ccccc2)CCN1. The van der Waals surface area contributed by atoms with Crippen molar-refractivity contribution in [1.82, 2.24) is 10.6 Å². The molecule has 18 heavy (non-hydrogen) atoms. The Hall–Kier alpha value is -1.35. The molecule has 0 aromatic heterocycles. The van der Waals surface area contributed by atoms with Gasteiger partial charge in [0, 0.05) is 18.5 Å². The van der Waals surface area contributed by atoms with Crippen molar-refractivity contribution in [1.29, 1.82) is 0 Å². The normalized spacial score (nSPS) is 23.6. The summed E-state index contributed by atoms with van der Waals surface area (Å²) in [4.78, 5) is 12.0. The molecule has 3 nitrogen and oxygen atoms in total. The van der Waals surface area contributed by atoms with Crippen molar-refractivity contribution in [2.75, 3.05) is 13.1 Å². The lowest BCUT2D eigenvalue weighted by Crippen LogP contribution is -2.42. The fourth-order valence-corrected chi connectivity index (χ4v) is 2.49. The summed E-state index contributed by atoms with van der Waals surface area (Å²) in [5, 5.41) is 6.42. The summed E-state index contributed by atoms with van der Waals surface area (Å²) in [6, 6.07) is 10.7. The second-order valence-electron chi connectivity index (χ2n) is 5.10. The first-order chi connectivity index (χ1) is 8.75. The van der Waals surface area contributed by atoms with E-state index in [9.17, 15) is 4.79 Å². The van der Waals surface area contributed by atoms with Crippen LogP contribution in [0, 0.1) is 5.92 Å². The second-order valence-corrected chi connectivity index (χ2v) is 5.10. The fraction of sp³-hybridized carbons (Fsp3) is 0.533. The first-order valence-electron chi connectivity index (χ1n) is 6.80. The zero-order chi connectivity index (χ0) is 12.8. The third kappa shape index (κ3) is 3.84. The molecular formula is C15H22N2O. The summed E-state index contributed by atoms with van der Waals surface area (Å²) >= 11 is 0. The monoisotopic (exact) mass is 246 g/mol. The van der Waals surface area contributed by atoms with Gasteiger partial charge in [-0.25, -0.2) is 0 Å². The van der Waals surface area contributed by atoms with E-state index in [1.54, 1.807) is 0 Å². The molecule has 1 aliphatic rings. The highest BCUT2D eigenvalue weighted by molar-refractivity contribution is 5.78. The topological polar surface area (TPSA) is 41.1 Å². The van der Waals surface area contributed by atoms with Crippen LogP contribution in [0.1, 0.15) is 25.3 Å². The van der Waals surface area contributed by atoms with Gasteiger partial charge in [-0.1, -0.05) is 30.3 Å². The van der Waals surface area contributed by atoms with E-state index in [1.807, 2.05) is 18.2 Å². The predicted octanol–water partition coefficient (Wildman–Crippen LogP) is 1.73. The molecule has 1 heterocycles. The minimum atomic E-state index is 0.192. The highest BCUT2D eigenvalue weighted by atomic mass is 16.1. The molecule has 0 bridgehead atoms. The maximum absolute atomic E-state index is 12.0. The lowest BCUT2D eigenvalue weighted by Gasteiger charge is -2.27. The van der Waals surface area contributed by atoms with Crippen molar-refractivity contribution in [3.63, 3.8) is 0 Å². The highest BCUT2D eigenvalue weighted by Gasteiger charge is 2.24. The first kappa shape index (κ1) is 13.1. The second kappa shape index (κ2) is 6.55. The molecule has 2 atom stereocenters. The number of nitrogens with one attached hydrogen (secondary N) is 2. The van der Waals surface area contributed by atoms with Gasteiger partial charge in [0.1, 0.15) is 0 Å². The number of rotatable bonds is 4. The first-order valence-corrected chi connectivity index (χ1v) is 6.80. The zero-order valence-electron chi connectivity index (χ0n) is 11.0. The molecule has 98 valence electrons. The van der Waals surface area contributed by atoms with Crippen LogP contribution in [-0.2, 0) is 11.2 Å². The Balaban J connectivity index is 1.71. The van der Waals surface area contributed by atoms with Gasteiger partial charge in [-0.15, -0.1) is 0 Å². The standard InChI is InChI=1S/C15H22N2O/c1-12-11-14(8-10-16-12)15(18)17-9-7-13-5-3-2-4-6-13/h2-6,12,14,16H,7-11H2,1H3,(H,17,18). The van der Waals surface area contributed by atoms with Gasteiger partial charge in [0.05, 0.1) is 0 Å². The molecule has 1 fully saturated rings. The van der Waals surface area contributed by atoms with E-state index in [4.69, 9.17) is 0 Å². The van der Waals surface area contributed by atoms with Crippen molar-refractivity contribution >= 4 is 5.91 Å². The summed E-state index contributed by atoms with van der Waals surface area (Å²) in [5.74, 6) is 0.413. The van der Waals surface area contributed by atoms with Crippen LogP contribution < -0.4 is 10.6 Å². The van der Waals surface area contributed by atoms with Crippen molar-refractivity contribution < 1.29 is 4.79 Å². The van der Waals surface area contributed by atoms with Crippen LogP contribution in [0.4, 0.5) is 0 Å². The zero-order valence-corrected chi connectivity index (χ0v) is 11.0. The molecule has 1 amide bonds. The highest BCUT2D eigenvalue weighted by Crippen LogP contribution is 2.15. The Bertz CT molecular complexity index is 377. The third-order valence-corrected chi connectivity index (χ3v) is 3.55. The molecule has 1 aromatic carbocycles. The number of hydrogen-bond donors (Lipinski definition) is 2. The Labute approximate surface area is 109 Å². The molecule has 0 spiro atoms. The molecule has 3 heteroatoms. The molecule has 0 radical (unpaired) electrons. The molecule has 0 saturated carbocycles. The number of carbonyl (C=O) groups is 1. The molecule has 1 aromatic rings. The van der Waals surface area contributed by atoms with Gasteiger partial charge in [0.15, 0.2) is 0 Å². The van der Waals surface area contributed by atoms with Crippen LogP contribution in [0.25, 0.3) is 0 Å². The predicted molar refractivity (Wildman–Crippen MR) is 73.3 cm³/mol. The summed E-state index contributed by atoms with van der Waals surface area (Å²) in [6.45, 7) is 3.84. The summed E-state index contributed by atoms with van der Waals surface area (Å²) in [5.41, 5.74) is 1.27. The minimum Gasteiger partial charge on any atom is -0.356 e. The molecule has 2 unspecified atom stereocenters. The average Bonchev–Trinajstić information content (AvgIpc) is 2.40.